The van der Waals surface area contributed by atoms with Gasteiger partial charge < -0.3 is 10.6 Å². The van der Waals surface area contributed by atoms with Crippen LogP contribution in [0.25, 0.3) is 10.8 Å². The molecule has 2 aliphatic rings. The van der Waals surface area contributed by atoms with Crippen LogP contribution in [0.5, 0.6) is 0 Å². The molecule has 2 fully saturated rings. The molecule has 4 amide bonds. The minimum absolute atomic E-state index is 0.134. The van der Waals surface area contributed by atoms with Gasteiger partial charge >= 0.3 is 6.03 Å². The van der Waals surface area contributed by atoms with E-state index in [2.05, 4.69) is 10.6 Å². The number of imide groups is 1. The van der Waals surface area contributed by atoms with Gasteiger partial charge in [0, 0.05) is 6.04 Å². The predicted molar refractivity (Wildman–Crippen MR) is 111 cm³/mol. The van der Waals surface area contributed by atoms with Gasteiger partial charge in [-0.1, -0.05) is 68.1 Å². The van der Waals surface area contributed by atoms with Gasteiger partial charge in [0.05, 0.1) is 0 Å². The van der Waals surface area contributed by atoms with Crippen LogP contribution in [0.4, 0.5) is 4.79 Å². The van der Waals surface area contributed by atoms with Gasteiger partial charge in [-0.25, -0.2) is 4.79 Å². The Balaban J connectivity index is 1.53. The van der Waals surface area contributed by atoms with Gasteiger partial charge in [-0.2, -0.15) is 0 Å². The number of hydrogen-bond acceptors (Lipinski definition) is 3. The zero-order chi connectivity index (χ0) is 20.4. The molecule has 2 N–H and O–H groups in total. The van der Waals surface area contributed by atoms with E-state index in [0.29, 0.717) is 0 Å². The third kappa shape index (κ3) is 3.71. The van der Waals surface area contributed by atoms with E-state index in [0.717, 1.165) is 46.9 Å². The van der Waals surface area contributed by atoms with Crippen molar-refractivity contribution < 1.29 is 14.4 Å². The molecule has 152 valence electrons. The number of urea groups is 1. The van der Waals surface area contributed by atoms with Crippen LogP contribution < -0.4 is 10.6 Å². The molecule has 1 aliphatic carbocycles. The highest BCUT2D eigenvalue weighted by Crippen LogP contribution is 2.33. The maximum atomic E-state index is 13.2. The van der Waals surface area contributed by atoms with E-state index >= 15 is 0 Å². The van der Waals surface area contributed by atoms with Crippen molar-refractivity contribution in [2.75, 3.05) is 6.54 Å². The predicted octanol–water partition coefficient (Wildman–Crippen LogP) is 3.45. The van der Waals surface area contributed by atoms with Crippen molar-refractivity contribution in [1.82, 2.24) is 15.5 Å². The fourth-order valence-electron chi connectivity index (χ4n) is 4.53. The molecule has 2 aromatic carbocycles. The number of benzene rings is 2. The minimum atomic E-state index is -1.19. The fourth-order valence-corrected chi connectivity index (χ4v) is 4.53. The van der Waals surface area contributed by atoms with Crippen LogP contribution in [0.2, 0.25) is 0 Å². The summed E-state index contributed by atoms with van der Waals surface area (Å²) < 4.78 is 0. The van der Waals surface area contributed by atoms with E-state index in [1.165, 1.54) is 12.8 Å². The third-order valence-corrected chi connectivity index (χ3v) is 6.13. The second-order valence-electron chi connectivity index (χ2n) is 8.23. The zero-order valence-corrected chi connectivity index (χ0v) is 16.7. The summed E-state index contributed by atoms with van der Waals surface area (Å²) in [7, 11) is 0. The molecule has 1 saturated carbocycles. The average Bonchev–Trinajstić information content (AvgIpc) is 2.90. The van der Waals surface area contributed by atoms with E-state index in [9.17, 15) is 14.4 Å². The maximum absolute atomic E-state index is 13.2. The molecule has 1 aliphatic heterocycles. The summed E-state index contributed by atoms with van der Waals surface area (Å²) in [6, 6.07) is 13.1. The number of carbonyl (C=O) groups excluding carboxylic acids is 3. The largest absolute Gasteiger partial charge is 0.352 e. The van der Waals surface area contributed by atoms with Gasteiger partial charge in [-0.15, -0.1) is 0 Å². The minimum Gasteiger partial charge on any atom is -0.352 e. The summed E-state index contributed by atoms with van der Waals surface area (Å²) in [5.41, 5.74) is -0.457. The second kappa shape index (κ2) is 7.85. The van der Waals surface area contributed by atoms with Crippen molar-refractivity contribution in [2.24, 2.45) is 0 Å². The molecule has 29 heavy (non-hydrogen) atoms. The van der Waals surface area contributed by atoms with Gasteiger partial charge in [0.2, 0.25) is 5.91 Å². The Morgan fingerprint density at radius 3 is 2.52 bits per heavy atom. The quantitative estimate of drug-likeness (QED) is 0.617. The van der Waals surface area contributed by atoms with Crippen LogP contribution in [-0.4, -0.2) is 35.3 Å². The first-order chi connectivity index (χ1) is 14.0. The molecule has 0 bridgehead atoms. The standard InChI is InChI=1S/C23H27N3O3/c1-23(19-14-8-10-16-9-6-7-13-18(16)19)21(28)26(22(29)25-23)15-20(27)24-17-11-4-2-3-5-12-17/h6-10,13-14,17H,2-5,11-12,15H2,1H3,(H,24,27)(H,25,29)/t23-/m1/s1. The van der Waals surface area contributed by atoms with E-state index < -0.39 is 17.5 Å². The Kier molecular flexibility index (Phi) is 5.26. The molecule has 6 nitrogen and oxygen atoms in total. The summed E-state index contributed by atoms with van der Waals surface area (Å²) in [5.74, 6) is -0.669. The lowest BCUT2D eigenvalue weighted by atomic mass is 9.88. The van der Waals surface area contributed by atoms with Crippen LogP contribution in [0.1, 0.15) is 51.0 Å². The summed E-state index contributed by atoms with van der Waals surface area (Å²) in [4.78, 5) is 39.4. The van der Waals surface area contributed by atoms with Gasteiger partial charge in [-0.3, -0.25) is 14.5 Å². The Labute approximate surface area is 170 Å². The van der Waals surface area contributed by atoms with Crippen molar-refractivity contribution in [3.63, 3.8) is 0 Å². The van der Waals surface area contributed by atoms with Crippen molar-refractivity contribution in [3.8, 4) is 0 Å². The van der Waals surface area contributed by atoms with Crippen LogP contribution in [0.15, 0.2) is 42.5 Å². The molecule has 0 unspecified atom stereocenters. The highest BCUT2D eigenvalue weighted by Gasteiger charge is 2.50. The van der Waals surface area contributed by atoms with Crippen molar-refractivity contribution >= 4 is 28.6 Å². The Morgan fingerprint density at radius 1 is 1.07 bits per heavy atom. The first-order valence-corrected chi connectivity index (χ1v) is 10.4. The number of nitrogens with one attached hydrogen (secondary N) is 2. The van der Waals surface area contributed by atoms with E-state index in [-0.39, 0.29) is 18.5 Å². The third-order valence-electron chi connectivity index (χ3n) is 6.13. The topological polar surface area (TPSA) is 78.5 Å². The van der Waals surface area contributed by atoms with Crippen molar-refractivity contribution in [2.45, 2.75) is 57.0 Å². The Bertz CT molecular complexity index is 944. The SMILES string of the molecule is C[C@]1(c2cccc3ccccc23)NC(=O)N(CC(=O)NC2CCCCCC2)C1=O. The van der Waals surface area contributed by atoms with Gasteiger partial charge in [0.25, 0.3) is 5.91 Å². The molecule has 0 aromatic heterocycles. The molecule has 1 atom stereocenters. The molecule has 0 spiro atoms. The Hall–Kier alpha value is -2.89. The molecule has 2 aromatic rings. The number of fused-ring (bicyclic) bond motifs is 1. The monoisotopic (exact) mass is 393 g/mol. The first-order valence-electron chi connectivity index (χ1n) is 10.4. The second-order valence-corrected chi connectivity index (χ2v) is 8.23. The first kappa shape index (κ1) is 19.4. The lowest BCUT2D eigenvalue weighted by Gasteiger charge is -2.24. The fraction of sp³-hybridized carbons (Fsp3) is 0.435. The van der Waals surface area contributed by atoms with Crippen LogP contribution in [0.3, 0.4) is 0 Å². The van der Waals surface area contributed by atoms with Crippen LogP contribution in [0, 0.1) is 0 Å². The number of amides is 4. The molecule has 4 rings (SSSR count). The van der Waals surface area contributed by atoms with Gasteiger partial charge in [0.15, 0.2) is 0 Å². The highest BCUT2D eigenvalue weighted by molar-refractivity contribution is 6.10. The molecule has 1 saturated heterocycles. The molecule has 0 radical (unpaired) electrons. The normalized spacial score (nSPS) is 23.1. The molecule has 1 heterocycles. The maximum Gasteiger partial charge on any atom is 0.325 e. The lowest BCUT2D eigenvalue weighted by Crippen LogP contribution is -2.45. The highest BCUT2D eigenvalue weighted by atomic mass is 16.2. The summed E-state index contributed by atoms with van der Waals surface area (Å²) in [5, 5.41) is 7.74. The summed E-state index contributed by atoms with van der Waals surface area (Å²) in [6.07, 6.45) is 6.52. The average molecular weight is 393 g/mol. The Morgan fingerprint density at radius 2 is 1.76 bits per heavy atom. The van der Waals surface area contributed by atoms with E-state index in [1.54, 1.807) is 6.92 Å². The zero-order valence-electron chi connectivity index (χ0n) is 16.7. The summed E-state index contributed by atoms with van der Waals surface area (Å²) >= 11 is 0. The van der Waals surface area contributed by atoms with Crippen molar-refractivity contribution in [3.05, 3.63) is 48.0 Å². The number of carbonyl (C=O) groups is 3. The van der Waals surface area contributed by atoms with Crippen LogP contribution in [-0.2, 0) is 15.1 Å². The van der Waals surface area contributed by atoms with E-state index in [4.69, 9.17) is 0 Å². The molecular weight excluding hydrogens is 366 g/mol. The number of hydrogen-bond donors (Lipinski definition) is 2. The number of rotatable bonds is 4. The number of nitrogens with zero attached hydrogens (tertiary/aromatic N) is 1. The smallest absolute Gasteiger partial charge is 0.325 e. The summed E-state index contributed by atoms with van der Waals surface area (Å²) in [6.45, 7) is 1.46. The molecular formula is C23H27N3O3. The van der Waals surface area contributed by atoms with Crippen LogP contribution >= 0.6 is 0 Å². The van der Waals surface area contributed by atoms with Crippen molar-refractivity contribution in [1.29, 1.82) is 0 Å². The van der Waals surface area contributed by atoms with E-state index in [1.807, 2.05) is 42.5 Å². The van der Waals surface area contributed by atoms with Gasteiger partial charge in [-0.05, 0) is 36.1 Å². The lowest BCUT2D eigenvalue weighted by molar-refractivity contribution is -0.135. The molecule has 6 heteroatoms. The van der Waals surface area contributed by atoms with Gasteiger partial charge in [0.1, 0.15) is 12.1 Å².